The topological polar surface area (TPSA) is 94.7 Å². The lowest BCUT2D eigenvalue weighted by Crippen LogP contribution is -2.32. The SMILES string of the molecule is Cc1cc(/C=C2\SC(=O)N(CCOc3ccc(Cl)cc3)C2=O)c(C)n1-c1ccc([N+](=O)[O-])cc1. The third kappa shape index (κ3) is 4.85. The van der Waals surface area contributed by atoms with Gasteiger partial charge in [0.15, 0.2) is 0 Å². The molecule has 0 bridgehead atoms. The van der Waals surface area contributed by atoms with E-state index in [2.05, 4.69) is 0 Å². The second-order valence-electron chi connectivity index (χ2n) is 7.57. The summed E-state index contributed by atoms with van der Waals surface area (Å²) >= 11 is 6.75. The number of nitrogens with zero attached hydrogens (tertiary/aromatic N) is 3. The first kappa shape index (κ1) is 23.6. The molecule has 8 nitrogen and oxygen atoms in total. The first-order valence-electron chi connectivity index (χ1n) is 10.3. The summed E-state index contributed by atoms with van der Waals surface area (Å²) < 4.78 is 7.55. The zero-order chi connectivity index (χ0) is 24.4. The van der Waals surface area contributed by atoms with E-state index < -0.39 is 4.92 Å². The Labute approximate surface area is 204 Å². The normalized spacial score (nSPS) is 14.8. The summed E-state index contributed by atoms with van der Waals surface area (Å²) in [6.45, 7) is 4.10. The second kappa shape index (κ2) is 9.74. The number of aromatic nitrogens is 1. The van der Waals surface area contributed by atoms with Crippen molar-refractivity contribution in [3.05, 3.63) is 91.6 Å². The van der Waals surface area contributed by atoms with Crippen molar-refractivity contribution in [2.24, 2.45) is 0 Å². The summed E-state index contributed by atoms with van der Waals surface area (Å²) in [4.78, 5) is 37.3. The van der Waals surface area contributed by atoms with Crippen LogP contribution < -0.4 is 4.74 Å². The van der Waals surface area contributed by atoms with Crippen LogP contribution in [0.5, 0.6) is 5.75 Å². The third-order valence-electron chi connectivity index (χ3n) is 5.35. The largest absolute Gasteiger partial charge is 0.492 e. The molecule has 1 aliphatic heterocycles. The number of halogens is 1. The number of carbonyl (C=O) groups is 2. The van der Waals surface area contributed by atoms with Crippen LogP contribution in [0, 0.1) is 24.0 Å². The van der Waals surface area contributed by atoms with Gasteiger partial charge in [-0.1, -0.05) is 11.6 Å². The number of aryl methyl sites for hydroxylation is 1. The minimum atomic E-state index is -0.443. The van der Waals surface area contributed by atoms with E-state index in [1.165, 1.54) is 17.0 Å². The fraction of sp³-hybridized carbons (Fsp3) is 0.167. The Morgan fingerprint density at radius 2 is 1.76 bits per heavy atom. The van der Waals surface area contributed by atoms with Crippen LogP contribution in [-0.2, 0) is 4.79 Å². The predicted octanol–water partition coefficient (Wildman–Crippen LogP) is 5.77. The Balaban J connectivity index is 1.49. The van der Waals surface area contributed by atoms with E-state index >= 15 is 0 Å². The number of amides is 2. The average molecular weight is 498 g/mol. The van der Waals surface area contributed by atoms with Gasteiger partial charge in [0.1, 0.15) is 12.4 Å². The number of hydrogen-bond acceptors (Lipinski definition) is 6. The standard InChI is InChI=1S/C24H20ClN3O5S/c1-15-13-17(16(2)27(15)19-5-7-20(8-6-19)28(31)32)14-22-23(29)26(24(30)34-22)11-12-33-21-9-3-18(25)4-10-21/h3-10,13-14H,11-12H2,1-2H3/b22-14-. The zero-order valence-electron chi connectivity index (χ0n) is 18.4. The summed E-state index contributed by atoms with van der Waals surface area (Å²) in [5, 5.41) is 11.2. The molecule has 0 radical (unpaired) electrons. The number of carbonyl (C=O) groups excluding carboxylic acids is 2. The van der Waals surface area contributed by atoms with Gasteiger partial charge in [0.25, 0.3) is 16.8 Å². The fourth-order valence-corrected chi connectivity index (χ4v) is 4.66. The molecule has 1 aliphatic rings. The molecule has 0 unspecified atom stereocenters. The van der Waals surface area contributed by atoms with E-state index in [0.717, 1.165) is 34.4 Å². The number of rotatable bonds is 7. The molecule has 1 fully saturated rings. The molecule has 0 spiro atoms. The highest BCUT2D eigenvalue weighted by atomic mass is 35.5. The van der Waals surface area contributed by atoms with Crippen LogP contribution in [0.4, 0.5) is 10.5 Å². The van der Waals surface area contributed by atoms with Crippen LogP contribution in [0.2, 0.25) is 5.02 Å². The Hall–Kier alpha value is -3.56. The lowest BCUT2D eigenvalue weighted by molar-refractivity contribution is -0.384. The van der Waals surface area contributed by atoms with Gasteiger partial charge in [0.05, 0.1) is 16.4 Å². The van der Waals surface area contributed by atoms with E-state index in [-0.39, 0.29) is 30.0 Å². The van der Waals surface area contributed by atoms with Crippen LogP contribution in [0.3, 0.4) is 0 Å². The van der Waals surface area contributed by atoms with Crippen molar-refractivity contribution in [3.63, 3.8) is 0 Å². The molecule has 0 aliphatic carbocycles. The molecule has 1 aromatic heterocycles. The molecule has 174 valence electrons. The molecule has 0 saturated carbocycles. The van der Waals surface area contributed by atoms with Gasteiger partial charge in [0, 0.05) is 34.2 Å². The van der Waals surface area contributed by atoms with E-state index in [4.69, 9.17) is 16.3 Å². The van der Waals surface area contributed by atoms with Crippen molar-refractivity contribution < 1.29 is 19.2 Å². The molecule has 10 heteroatoms. The van der Waals surface area contributed by atoms with Gasteiger partial charge in [-0.05, 0) is 79.7 Å². The molecule has 1 saturated heterocycles. The van der Waals surface area contributed by atoms with Crippen molar-refractivity contribution in [3.8, 4) is 11.4 Å². The third-order valence-corrected chi connectivity index (χ3v) is 6.51. The number of nitro benzene ring substituents is 1. The highest BCUT2D eigenvalue weighted by Gasteiger charge is 2.35. The van der Waals surface area contributed by atoms with Crippen molar-refractivity contribution in [2.75, 3.05) is 13.2 Å². The molecule has 0 atom stereocenters. The Kier molecular flexibility index (Phi) is 6.76. The highest BCUT2D eigenvalue weighted by molar-refractivity contribution is 8.18. The number of ether oxygens (including phenoxy) is 1. The zero-order valence-corrected chi connectivity index (χ0v) is 19.9. The predicted molar refractivity (Wildman–Crippen MR) is 132 cm³/mol. The van der Waals surface area contributed by atoms with Crippen LogP contribution in [0.1, 0.15) is 17.0 Å². The summed E-state index contributed by atoms with van der Waals surface area (Å²) in [6, 6.07) is 15.0. The molecule has 3 aromatic rings. The number of nitro groups is 1. The number of imide groups is 1. The molecule has 0 N–H and O–H groups in total. The molecule has 4 rings (SSSR count). The quantitative estimate of drug-likeness (QED) is 0.233. The summed E-state index contributed by atoms with van der Waals surface area (Å²) in [7, 11) is 0. The van der Waals surface area contributed by atoms with E-state index in [1.54, 1.807) is 42.5 Å². The van der Waals surface area contributed by atoms with Gasteiger partial charge in [-0.2, -0.15) is 0 Å². The molecule has 34 heavy (non-hydrogen) atoms. The summed E-state index contributed by atoms with van der Waals surface area (Å²) in [5.41, 5.74) is 3.32. The minimum Gasteiger partial charge on any atom is -0.492 e. The van der Waals surface area contributed by atoms with Crippen LogP contribution in [0.25, 0.3) is 11.8 Å². The van der Waals surface area contributed by atoms with Gasteiger partial charge in [-0.25, -0.2) is 0 Å². The van der Waals surface area contributed by atoms with E-state index in [9.17, 15) is 19.7 Å². The van der Waals surface area contributed by atoms with Crippen molar-refractivity contribution in [1.82, 2.24) is 9.47 Å². The molecular weight excluding hydrogens is 478 g/mol. The second-order valence-corrected chi connectivity index (χ2v) is 9.00. The summed E-state index contributed by atoms with van der Waals surface area (Å²) in [5.74, 6) is 0.237. The fourth-order valence-electron chi connectivity index (χ4n) is 3.67. The van der Waals surface area contributed by atoms with Gasteiger partial charge in [-0.3, -0.25) is 24.6 Å². The van der Waals surface area contributed by atoms with Gasteiger partial charge in [0.2, 0.25) is 0 Å². The van der Waals surface area contributed by atoms with Crippen molar-refractivity contribution >= 4 is 46.3 Å². The molecule has 2 heterocycles. The Morgan fingerprint density at radius 1 is 1.09 bits per heavy atom. The minimum absolute atomic E-state index is 0.0140. The highest BCUT2D eigenvalue weighted by Crippen LogP contribution is 2.34. The lowest BCUT2D eigenvalue weighted by atomic mass is 10.2. The maximum absolute atomic E-state index is 12.9. The number of benzene rings is 2. The van der Waals surface area contributed by atoms with Gasteiger partial charge in [-0.15, -0.1) is 0 Å². The van der Waals surface area contributed by atoms with Crippen LogP contribution in [0.15, 0.2) is 59.5 Å². The van der Waals surface area contributed by atoms with Crippen molar-refractivity contribution in [1.29, 1.82) is 0 Å². The monoisotopic (exact) mass is 497 g/mol. The van der Waals surface area contributed by atoms with Crippen molar-refractivity contribution in [2.45, 2.75) is 13.8 Å². The van der Waals surface area contributed by atoms with Gasteiger partial charge >= 0.3 is 0 Å². The smallest absolute Gasteiger partial charge is 0.293 e. The Morgan fingerprint density at radius 3 is 2.41 bits per heavy atom. The molecule has 2 aromatic carbocycles. The number of hydrogen-bond donors (Lipinski definition) is 0. The molecular formula is C24H20ClN3O5S. The van der Waals surface area contributed by atoms with E-state index in [1.807, 2.05) is 24.5 Å². The number of thioether (sulfide) groups is 1. The lowest BCUT2D eigenvalue weighted by Gasteiger charge is -2.13. The average Bonchev–Trinajstić information content (AvgIpc) is 3.24. The van der Waals surface area contributed by atoms with Crippen LogP contribution >= 0.6 is 23.4 Å². The Bertz CT molecular complexity index is 1300. The first-order valence-corrected chi connectivity index (χ1v) is 11.5. The van der Waals surface area contributed by atoms with Crippen LogP contribution in [-0.4, -0.2) is 38.7 Å². The van der Waals surface area contributed by atoms with E-state index in [0.29, 0.717) is 15.7 Å². The van der Waals surface area contributed by atoms with Gasteiger partial charge < -0.3 is 9.30 Å². The molecule has 2 amide bonds. The summed E-state index contributed by atoms with van der Waals surface area (Å²) in [6.07, 6.45) is 1.70. The maximum Gasteiger partial charge on any atom is 0.293 e. The maximum atomic E-state index is 12.9. The first-order chi connectivity index (χ1) is 16.2. The number of non-ortho nitro benzene ring substituents is 1.